The highest BCUT2D eigenvalue weighted by Crippen LogP contribution is 2.21. The van der Waals surface area contributed by atoms with Gasteiger partial charge in [0.25, 0.3) is 0 Å². The van der Waals surface area contributed by atoms with Crippen LogP contribution in [0, 0.1) is 13.8 Å². The largest absolute Gasteiger partial charge is 0.325 e. The van der Waals surface area contributed by atoms with Crippen LogP contribution in [0.2, 0.25) is 0 Å². The number of halogens is 1. The molecule has 0 saturated carbocycles. The standard InChI is InChI=1S/C18H21BrN2O3S/c1-4-21(12-18(22)20-16-7-5-6-15(19)11-16)25(23,24)17-10-13(2)8-9-14(17)3/h5-11H,4,12H2,1-3H3,(H,20,22). The Kier molecular flexibility index (Phi) is 6.37. The van der Waals surface area contributed by atoms with Crippen LogP contribution in [-0.4, -0.2) is 31.7 Å². The normalized spacial score (nSPS) is 11.6. The summed E-state index contributed by atoms with van der Waals surface area (Å²) in [5.41, 5.74) is 2.13. The summed E-state index contributed by atoms with van der Waals surface area (Å²) in [6, 6.07) is 12.4. The van der Waals surface area contributed by atoms with Crippen molar-refractivity contribution in [2.45, 2.75) is 25.7 Å². The van der Waals surface area contributed by atoms with Gasteiger partial charge in [-0.2, -0.15) is 4.31 Å². The van der Waals surface area contributed by atoms with Crippen molar-refractivity contribution in [3.63, 3.8) is 0 Å². The molecule has 0 saturated heterocycles. The molecule has 2 aromatic rings. The van der Waals surface area contributed by atoms with Gasteiger partial charge in [-0.3, -0.25) is 4.79 Å². The van der Waals surface area contributed by atoms with E-state index in [2.05, 4.69) is 21.2 Å². The van der Waals surface area contributed by atoms with Crippen molar-refractivity contribution in [1.82, 2.24) is 4.31 Å². The fourth-order valence-electron chi connectivity index (χ4n) is 2.42. The second-order valence-corrected chi connectivity index (χ2v) is 8.58. The predicted molar refractivity (Wildman–Crippen MR) is 103 cm³/mol. The van der Waals surface area contributed by atoms with Gasteiger partial charge in [0.15, 0.2) is 0 Å². The molecule has 2 rings (SSSR count). The number of anilines is 1. The Morgan fingerprint density at radius 2 is 1.88 bits per heavy atom. The van der Waals surface area contributed by atoms with E-state index in [0.717, 1.165) is 10.0 Å². The molecule has 0 spiro atoms. The number of nitrogens with zero attached hydrogens (tertiary/aromatic N) is 1. The van der Waals surface area contributed by atoms with E-state index in [4.69, 9.17) is 0 Å². The Balaban J connectivity index is 2.20. The van der Waals surface area contributed by atoms with Gasteiger partial charge < -0.3 is 5.32 Å². The van der Waals surface area contributed by atoms with Crippen LogP contribution in [0.4, 0.5) is 5.69 Å². The molecule has 134 valence electrons. The number of rotatable bonds is 6. The summed E-state index contributed by atoms with van der Waals surface area (Å²) in [7, 11) is -3.74. The Bertz CT molecular complexity index is 882. The Hall–Kier alpha value is -1.70. The number of sulfonamides is 1. The molecule has 0 unspecified atom stereocenters. The van der Waals surface area contributed by atoms with E-state index in [9.17, 15) is 13.2 Å². The number of carbonyl (C=O) groups excluding carboxylic acids is 1. The zero-order chi connectivity index (χ0) is 18.6. The van der Waals surface area contributed by atoms with Gasteiger partial charge in [-0.1, -0.05) is 41.1 Å². The van der Waals surface area contributed by atoms with Gasteiger partial charge in [0.2, 0.25) is 15.9 Å². The highest BCUT2D eigenvalue weighted by molar-refractivity contribution is 9.10. The quantitative estimate of drug-likeness (QED) is 0.767. The second-order valence-electron chi connectivity index (χ2n) is 5.76. The first-order valence-corrected chi connectivity index (χ1v) is 10.1. The van der Waals surface area contributed by atoms with Gasteiger partial charge in [-0.25, -0.2) is 8.42 Å². The van der Waals surface area contributed by atoms with Crippen molar-refractivity contribution in [2.75, 3.05) is 18.4 Å². The Morgan fingerprint density at radius 3 is 2.52 bits per heavy atom. The molecule has 0 aromatic heterocycles. The molecular formula is C18H21BrN2O3S. The summed E-state index contributed by atoms with van der Waals surface area (Å²) in [6.07, 6.45) is 0. The number of hydrogen-bond donors (Lipinski definition) is 1. The fourth-order valence-corrected chi connectivity index (χ4v) is 4.53. The predicted octanol–water partition coefficient (Wildman–Crippen LogP) is 3.72. The van der Waals surface area contributed by atoms with Crippen LogP contribution >= 0.6 is 15.9 Å². The third-order valence-corrected chi connectivity index (χ3v) is 6.30. The maximum Gasteiger partial charge on any atom is 0.243 e. The molecule has 0 fully saturated rings. The summed E-state index contributed by atoms with van der Waals surface area (Å²) in [4.78, 5) is 12.5. The maximum atomic E-state index is 12.9. The molecule has 25 heavy (non-hydrogen) atoms. The third kappa shape index (κ3) is 4.90. The zero-order valence-electron chi connectivity index (χ0n) is 14.4. The van der Waals surface area contributed by atoms with Crippen LogP contribution in [0.15, 0.2) is 51.8 Å². The maximum absolute atomic E-state index is 12.9. The van der Waals surface area contributed by atoms with Crippen LogP contribution in [-0.2, 0) is 14.8 Å². The van der Waals surface area contributed by atoms with Crippen molar-refractivity contribution in [1.29, 1.82) is 0 Å². The van der Waals surface area contributed by atoms with E-state index >= 15 is 0 Å². The van der Waals surface area contributed by atoms with Gasteiger partial charge in [0, 0.05) is 16.7 Å². The minimum Gasteiger partial charge on any atom is -0.325 e. The van der Waals surface area contributed by atoms with Crippen molar-refractivity contribution in [3.05, 3.63) is 58.1 Å². The SMILES string of the molecule is CCN(CC(=O)Nc1cccc(Br)c1)S(=O)(=O)c1cc(C)ccc1C. The molecule has 0 heterocycles. The number of aryl methyl sites for hydroxylation is 2. The van der Waals surface area contributed by atoms with E-state index in [1.54, 1.807) is 44.2 Å². The average molecular weight is 425 g/mol. The second kappa shape index (κ2) is 8.12. The topological polar surface area (TPSA) is 66.5 Å². The summed E-state index contributed by atoms with van der Waals surface area (Å²) >= 11 is 3.34. The highest BCUT2D eigenvalue weighted by Gasteiger charge is 2.26. The number of nitrogens with one attached hydrogen (secondary N) is 1. The lowest BCUT2D eigenvalue weighted by Gasteiger charge is -2.21. The van der Waals surface area contributed by atoms with E-state index in [1.807, 2.05) is 19.1 Å². The van der Waals surface area contributed by atoms with Gasteiger partial charge in [-0.15, -0.1) is 0 Å². The zero-order valence-corrected chi connectivity index (χ0v) is 16.8. The van der Waals surface area contributed by atoms with Crippen LogP contribution < -0.4 is 5.32 Å². The van der Waals surface area contributed by atoms with Gasteiger partial charge in [-0.05, 0) is 49.2 Å². The molecule has 1 amide bonds. The summed E-state index contributed by atoms with van der Waals surface area (Å²) in [5, 5.41) is 2.72. The first-order valence-electron chi connectivity index (χ1n) is 7.87. The molecular weight excluding hydrogens is 404 g/mol. The highest BCUT2D eigenvalue weighted by atomic mass is 79.9. The number of hydrogen-bond acceptors (Lipinski definition) is 3. The number of likely N-dealkylation sites (N-methyl/N-ethyl adjacent to an activating group) is 1. The molecule has 0 aliphatic rings. The first-order chi connectivity index (χ1) is 11.7. The monoisotopic (exact) mass is 424 g/mol. The van der Waals surface area contributed by atoms with E-state index in [-0.39, 0.29) is 23.9 Å². The van der Waals surface area contributed by atoms with E-state index < -0.39 is 10.0 Å². The molecule has 2 aromatic carbocycles. The van der Waals surface area contributed by atoms with Crippen molar-refractivity contribution in [3.8, 4) is 0 Å². The number of amides is 1. The molecule has 0 bridgehead atoms. The van der Waals surface area contributed by atoms with Crippen LogP contribution in [0.1, 0.15) is 18.1 Å². The minimum absolute atomic E-state index is 0.210. The Labute approximate surface area is 157 Å². The average Bonchev–Trinajstić information content (AvgIpc) is 2.54. The molecule has 0 radical (unpaired) electrons. The van der Waals surface area contributed by atoms with Gasteiger partial charge in [0.05, 0.1) is 11.4 Å². The van der Waals surface area contributed by atoms with Crippen LogP contribution in [0.25, 0.3) is 0 Å². The van der Waals surface area contributed by atoms with Crippen molar-refractivity contribution < 1.29 is 13.2 Å². The number of carbonyl (C=O) groups is 1. The van der Waals surface area contributed by atoms with Crippen molar-refractivity contribution in [2.24, 2.45) is 0 Å². The van der Waals surface area contributed by atoms with Crippen molar-refractivity contribution >= 4 is 37.5 Å². The lowest BCUT2D eigenvalue weighted by Crippen LogP contribution is -2.38. The summed E-state index contributed by atoms with van der Waals surface area (Å²) in [5.74, 6) is -0.381. The first kappa shape index (κ1) is 19.6. The molecule has 7 heteroatoms. The molecule has 1 N–H and O–H groups in total. The minimum atomic E-state index is -3.74. The van der Waals surface area contributed by atoms with Crippen LogP contribution in [0.3, 0.4) is 0 Å². The molecule has 0 aliphatic carbocycles. The van der Waals surface area contributed by atoms with Crippen LogP contribution in [0.5, 0.6) is 0 Å². The lowest BCUT2D eigenvalue weighted by atomic mass is 10.2. The lowest BCUT2D eigenvalue weighted by molar-refractivity contribution is -0.116. The molecule has 0 aliphatic heterocycles. The van der Waals surface area contributed by atoms with E-state index in [1.165, 1.54) is 4.31 Å². The molecule has 0 atom stereocenters. The summed E-state index contributed by atoms with van der Waals surface area (Å²) < 4.78 is 27.9. The molecule has 5 nitrogen and oxygen atoms in total. The van der Waals surface area contributed by atoms with Gasteiger partial charge in [0.1, 0.15) is 0 Å². The summed E-state index contributed by atoms with van der Waals surface area (Å²) in [6.45, 7) is 5.28. The third-order valence-electron chi connectivity index (χ3n) is 3.74. The van der Waals surface area contributed by atoms with E-state index in [0.29, 0.717) is 11.3 Å². The number of benzene rings is 2. The smallest absolute Gasteiger partial charge is 0.243 e. The Morgan fingerprint density at radius 1 is 1.16 bits per heavy atom. The fraction of sp³-hybridized carbons (Fsp3) is 0.278. The van der Waals surface area contributed by atoms with Gasteiger partial charge >= 0.3 is 0 Å².